The third-order valence-corrected chi connectivity index (χ3v) is 4.41. The molecule has 5 nitrogen and oxygen atoms in total. The molecule has 1 N–H and O–H groups in total. The van der Waals surface area contributed by atoms with Gasteiger partial charge in [-0.1, -0.05) is 36.4 Å². The van der Waals surface area contributed by atoms with E-state index in [1.165, 1.54) is 4.90 Å². The fourth-order valence-electron chi connectivity index (χ4n) is 3.08. The maximum atomic E-state index is 13.1. The monoisotopic (exact) mass is 350 g/mol. The van der Waals surface area contributed by atoms with Gasteiger partial charge in [-0.2, -0.15) is 0 Å². The Hall–Kier alpha value is -3.08. The van der Waals surface area contributed by atoms with Crippen LogP contribution in [0.25, 0.3) is 5.57 Å². The lowest BCUT2D eigenvalue weighted by atomic mass is 10.0. The summed E-state index contributed by atoms with van der Waals surface area (Å²) in [6.07, 6.45) is 0. The van der Waals surface area contributed by atoms with E-state index >= 15 is 0 Å². The first-order valence-electron chi connectivity index (χ1n) is 8.54. The van der Waals surface area contributed by atoms with Crippen molar-refractivity contribution in [3.05, 3.63) is 65.4 Å². The number of carbonyl (C=O) groups excluding carboxylic acids is 2. The molecule has 2 amide bonds. The lowest BCUT2D eigenvalue weighted by Gasteiger charge is -2.19. The SMILES string of the molecule is COc1ccccc1C1=C(Nc2ccccc2C)C(=O)N(C(C)C)C1=O. The number of carbonyl (C=O) groups is 2. The van der Waals surface area contributed by atoms with E-state index in [0.29, 0.717) is 16.9 Å². The molecule has 2 aromatic carbocycles. The average molecular weight is 350 g/mol. The van der Waals surface area contributed by atoms with Crippen LogP contribution < -0.4 is 10.1 Å². The zero-order chi connectivity index (χ0) is 18.8. The van der Waals surface area contributed by atoms with Crippen LogP contribution in [0.15, 0.2) is 54.2 Å². The molecule has 26 heavy (non-hydrogen) atoms. The highest BCUT2D eigenvalue weighted by Gasteiger charge is 2.41. The van der Waals surface area contributed by atoms with Crippen LogP contribution in [0.2, 0.25) is 0 Å². The second-order valence-corrected chi connectivity index (χ2v) is 6.46. The molecule has 1 heterocycles. The zero-order valence-corrected chi connectivity index (χ0v) is 15.4. The number of hydrogen-bond acceptors (Lipinski definition) is 4. The number of nitrogens with one attached hydrogen (secondary N) is 1. The van der Waals surface area contributed by atoms with E-state index in [4.69, 9.17) is 4.74 Å². The Bertz CT molecular complexity index is 900. The van der Waals surface area contributed by atoms with Crippen molar-refractivity contribution in [1.82, 2.24) is 4.90 Å². The van der Waals surface area contributed by atoms with Crippen LogP contribution in [-0.2, 0) is 9.59 Å². The molecule has 0 aromatic heterocycles. The van der Waals surface area contributed by atoms with E-state index in [1.807, 2.05) is 57.2 Å². The van der Waals surface area contributed by atoms with Gasteiger partial charge in [-0.3, -0.25) is 14.5 Å². The molecule has 0 bridgehead atoms. The van der Waals surface area contributed by atoms with Crippen LogP contribution in [0.3, 0.4) is 0 Å². The number of aryl methyl sites for hydroxylation is 1. The lowest BCUT2D eigenvalue weighted by molar-refractivity contribution is -0.138. The molecule has 0 radical (unpaired) electrons. The first kappa shape index (κ1) is 17.7. The second-order valence-electron chi connectivity index (χ2n) is 6.46. The standard InChI is InChI=1S/C21H22N2O3/c1-13(2)23-20(24)18(15-10-6-8-12-17(15)26-4)19(21(23)25)22-16-11-7-5-9-14(16)3/h5-13,22H,1-4H3. The van der Waals surface area contributed by atoms with Gasteiger partial charge in [0.15, 0.2) is 0 Å². The third kappa shape index (κ3) is 2.96. The Morgan fingerprint density at radius 2 is 1.62 bits per heavy atom. The van der Waals surface area contributed by atoms with Crippen molar-refractivity contribution in [3.8, 4) is 5.75 Å². The van der Waals surface area contributed by atoms with E-state index < -0.39 is 0 Å². The van der Waals surface area contributed by atoms with Gasteiger partial charge in [0.2, 0.25) is 0 Å². The summed E-state index contributed by atoms with van der Waals surface area (Å²) in [5.41, 5.74) is 3.00. The molecule has 0 unspecified atom stereocenters. The van der Waals surface area contributed by atoms with E-state index in [1.54, 1.807) is 19.2 Å². The van der Waals surface area contributed by atoms with Gasteiger partial charge >= 0.3 is 0 Å². The summed E-state index contributed by atoms with van der Waals surface area (Å²) in [6.45, 7) is 5.60. The van der Waals surface area contributed by atoms with Crippen LogP contribution in [0, 0.1) is 6.92 Å². The van der Waals surface area contributed by atoms with Crippen LogP contribution in [0.4, 0.5) is 5.69 Å². The predicted molar refractivity (Wildman–Crippen MR) is 102 cm³/mol. The minimum Gasteiger partial charge on any atom is -0.496 e. The van der Waals surface area contributed by atoms with E-state index in [-0.39, 0.29) is 23.6 Å². The molecule has 0 saturated heterocycles. The highest BCUT2D eigenvalue weighted by molar-refractivity contribution is 6.37. The number of para-hydroxylation sites is 2. The number of hydrogen-bond donors (Lipinski definition) is 1. The van der Waals surface area contributed by atoms with Gasteiger partial charge in [0, 0.05) is 17.3 Å². The molecule has 0 fully saturated rings. The van der Waals surface area contributed by atoms with Gasteiger partial charge in [0.25, 0.3) is 11.8 Å². The molecular weight excluding hydrogens is 328 g/mol. The van der Waals surface area contributed by atoms with E-state index in [0.717, 1.165) is 11.3 Å². The van der Waals surface area contributed by atoms with Crippen molar-refractivity contribution in [2.45, 2.75) is 26.8 Å². The first-order valence-corrected chi connectivity index (χ1v) is 8.54. The predicted octanol–water partition coefficient (Wildman–Crippen LogP) is 3.60. The number of rotatable bonds is 5. The molecule has 1 aliphatic heterocycles. The van der Waals surface area contributed by atoms with E-state index in [2.05, 4.69) is 5.32 Å². The fourth-order valence-corrected chi connectivity index (χ4v) is 3.08. The number of imide groups is 1. The lowest BCUT2D eigenvalue weighted by Crippen LogP contribution is -2.38. The van der Waals surface area contributed by atoms with Crippen molar-refractivity contribution >= 4 is 23.1 Å². The van der Waals surface area contributed by atoms with Gasteiger partial charge in [-0.25, -0.2) is 0 Å². The summed E-state index contributed by atoms with van der Waals surface area (Å²) < 4.78 is 5.42. The van der Waals surface area contributed by atoms with Crippen molar-refractivity contribution in [2.75, 3.05) is 12.4 Å². The Labute approximate surface area is 153 Å². The van der Waals surface area contributed by atoms with Gasteiger partial charge < -0.3 is 10.1 Å². The molecule has 5 heteroatoms. The molecule has 0 spiro atoms. The molecule has 0 aliphatic carbocycles. The summed E-state index contributed by atoms with van der Waals surface area (Å²) in [7, 11) is 1.55. The van der Waals surface area contributed by atoms with Gasteiger partial charge in [0.1, 0.15) is 11.4 Å². The number of ether oxygens (including phenoxy) is 1. The Morgan fingerprint density at radius 3 is 2.27 bits per heavy atom. The maximum Gasteiger partial charge on any atom is 0.278 e. The number of methoxy groups -OCH3 is 1. The number of anilines is 1. The van der Waals surface area contributed by atoms with Crippen LogP contribution in [-0.4, -0.2) is 29.9 Å². The smallest absolute Gasteiger partial charge is 0.278 e. The fraction of sp³-hybridized carbons (Fsp3) is 0.238. The minimum atomic E-state index is -0.325. The summed E-state index contributed by atoms with van der Waals surface area (Å²) in [5.74, 6) is -0.0851. The first-order chi connectivity index (χ1) is 12.5. The molecule has 1 aliphatic rings. The zero-order valence-electron chi connectivity index (χ0n) is 15.4. The van der Waals surface area contributed by atoms with Gasteiger partial charge in [-0.15, -0.1) is 0 Å². The second kappa shape index (κ2) is 7.04. The number of nitrogens with zero attached hydrogens (tertiary/aromatic N) is 1. The molecule has 0 atom stereocenters. The molecule has 2 aromatic rings. The number of amides is 2. The normalized spacial score (nSPS) is 14.4. The van der Waals surface area contributed by atoms with Crippen LogP contribution in [0.5, 0.6) is 5.75 Å². The van der Waals surface area contributed by atoms with Crippen molar-refractivity contribution in [1.29, 1.82) is 0 Å². The largest absolute Gasteiger partial charge is 0.496 e. The quantitative estimate of drug-likeness (QED) is 0.837. The Balaban J connectivity index is 2.18. The number of benzene rings is 2. The average Bonchev–Trinajstić information content (AvgIpc) is 2.87. The summed E-state index contributed by atoms with van der Waals surface area (Å²) >= 11 is 0. The highest BCUT2D eigenvalue weighted by Crippen LogP contribution is 2.36. The third-order valence-electron chi connectivity index (χ3n) is 4.41. The van der Waals surface area contributed by atoms with Gasteiger partial charge in [0.05, 0.1) is 12.7 Å². The molecular formula is C21H22N2O3. The summed E-state index contributed by atoms with van der Waals surface area (Å²) in [4.78, 5) is 27.3. The molecule has 134 valence electrons. The molecule has 0 saturated carbocycles. The van der Waals surface area contributed by atoms with Crippen LogP contribution >= 0.6 is 0 Å². The van der Waals surface area contributed by atoms with Gasteiger partial charge in [-0.05, 0) is 38.5 Å². The van der Waals surface area contributed by atoms with Crippen LogP contribution in [0.1, 0.15) is 25.0 Å². The molecule has 3 rings (SSSR count). The Kier molecular flexibility index (Phi) is 4.80. The summed E-state index contributed by atoms with van der Waals surface area (Å²) in [5, 5.41) is 3.19. The van der Waals surface area contributed by atoms with E-state index in [9.17, 15) is 9.59 Å². The van der Waals surface area contributed by atoms with Crippen molar-refractivity contribution < 1.29 is 14.3 Å². The van der Waals surface area contributed by atoms with Crippen molar-refractivity contribution in [2.24, 2.45) is 0 Å². The highest BCUT2D eigenvalue weighted by atomic mass is 16.5. The Morgan fingerprint density at radius 1 is 0.962 bits per heavy atom. The topological polar surface area (TPSA) is 58.6 Å². The minimum absolute atomic E-state index is 0.240. The maximum absolute atomic E-state index is 13.1. The summed E-state index contributed by atoms with van der Waals surface area (Å²) in [6, 6.07) is 14.6. The van der Waals surface area contributed by atoms with Crippen molar-refractivity contribution in [3.63, 3.8) is 0 Å².